The largest absolute Gasteiger partial charge is 0.459 e. The van der Waals surface area contributed by atoms with Crippen LogP contribution in [0.4, 0.5) is 0 Å². The smallest absolute Gasteiger partial charge is 0.157 e. The van der Waals surface area contributed by atoms with Gasteiger partial charge in [0, 0.05) is 6.66 Å². The Bertz CT molecular complexity index is 215. The van der Waals surface area contributed by atoms with Crippen molar-refractivity contribution in [2.75, 3.05) is 13.2 Å². The highest BCUT2D eigenvalue weighted by molar-refractivity contribution is 7.49. The predicted molar refractivity (Wildman–Crippen MR) is 53.6 cm³/mol. The molecule has 0 saturated carbocycles. The van der Waals surface area contributed by atoms with Gasteiger partial charge in [-0.25, -0.2) is 0 Å². The Balaban J connectivity index is 2.41. The van der Waals surface area contributed by atoms with Gasteiger partial charge in [0.15, 0.2) is 8.30 Å². The van der Waals surface area contributed by atoms with Crippen LogP contribution in [0, 0.1) is 0 Å². The standard InChI is InChI=1S/C9H14NOP/c1-3-10-12(2)11-9-7-5-4-6-8-9/h4-8,10H,3H2,1-2H3. The van der Waals surface area contributed by atoms with Crippen LogP contribution in [0.2, 0.25) is 0 Å². The monoisotopic (exact) mass is 183 g/mol. The van der Waals surface area contributed by atoms with Gasteiger partial charge in [0.25, 0.3) is 0 Å². The Labute approximate surface area is 74.8 Å². The van der Waals surface area contributed by atoms with Gasteiger partial charge in [-0.2, -0.15) is 0 Å². The average molecular weight is 183 g/mol. The number of hydrogen-bond donors (Lipinski definition) is 1. The third-order valence-corrected chi connectivity index (χ3v) is 2.61. The van der Waals surface area contributed by atoms with Crippen LogP contribution in [0.5, 0.6) is 5.75 Å². The van der Waals surface area contributed by atoms with Crippen molar-refractivity contribution in [1.29, 1.82) is 0 Å². The molecular formula is C9H14NOP. The molecule has 0 aromatic heterocycles. The van der Waals surface area contributed by atoms with Crippen molar-refractivity contribution in [3.05, 3.63) is 30.3 Å². The maximum Gasteiger partial charge on any atom is 0.157 e. The molecule has 66 valence electrons. The lowest BCUT2D eigenvalue weighted by Gasteiger charge is -2.13. The van der Waals surface area contributed by atoms with Gasteiger partial charge in [-0.3, -0.25) is 5.09 Å². The lowest BCUT2D eigenvalue weighted by atomic mass is 10.3. The van der Waals surface area contributed by atoms with Gasteiger partial charge in [-0.1, -0.05) is 25.1 Å². The molecule has 0 aliphatic heterocycles. The molecule has 1 aromatic rings. The zero-order valence-electron chi connectivity index (χ0n) is 7.45. The van der Waals surface area contributed by atoms with Gasteiger partial charge in [0.1, 0.15) is 5.75 Å². The summed E-state index contributed by atoms with van der Waals surface area (Å²) in [5.74, 6) is 0.937. The van der Waals surface area contributed by atoms with E-state index in [0.29, 0.717) is 0 Å². The van der Waals surface area contributed by atoms with Gasteiger partial charge in [-0.05, 0) is 18.7 Å². The molecule has 0 amide bonds. The first kappa shape index (κ1) is 9.50. The van der Waals surface area contributed by atoms with Crippen molar-refractivity contribution in [2.24, 2.45) is 0 Å². The molecule has 1 unspecified atom stereocenters. The molecule has 0 spiro atoms. The molecule has 0 bridgehead atoms. The number of hydrogen-bond acceptors (Lipinski definition) is 2. The van der Waals surface area contributed by atoms with E-state index in [1.165, 1.54) is 0 Å². The van der Waals surface area contributed by atoms with E-state index in [-0.39, 0.29) is 0 Å². The normalized spacial score (nSPS) is 12.5. The summed E-state index contributed by atoms with van der Waals surface area (Å²) >= 11 is 0. The Morgan fingerprint density at radius 3 is 2.58 bits per heavy atom. The summed E-state index contributed by atoms with van der Waals surface area (Å²) in [6.45, 7) is 5.09. The molecule has 1 N–H and O–H groups in total. The van der Waals surface area contributed by atoms with Crippen LogP contribution in [0.3, 0.4) is 0 Å². The molecule has 2 nitrogen and oxygen atoms in total. The van der Waals surface area contributed by atoms with Crippen LogP contribution in [-0.2, 0) is 0 Å². The molecule has 1 rings (SSSR count). The number of nitrogens with one attached hydrogen (secondary N) is 1. The lowest BCUT2D eigenvalue weighted by molar-refractivity contribution is 0.605. The lowest BCUT2D eigenvalue weighted by Crippen LogP contribution is -2.07. The summed E-state index contributed by atoms with van der Waals surface area (Å²) in [6.07, 6.45) is 0. The molecule has 1 atom stereocenters. The Hall–Kier alpha value is -0.590. The van der Waals surface area contributed by atoms with Crippen molar-refractivity contribution in [2.45, 2.75) is 6.92 Å². The zero-order chi connectivity index (χ0) is 8.81. The van der Waals surface area contributed by atoms with Crippen LogP contribution in [0.15, 0.2) is 30.3 Å². The van der Waals surface area contributed by atoms with Crippen LogP contribution in [-0.4, -0.2) is 13.2 Å². The minimum absolute atomic E-state index is 0.507. The second-order valence-electron chi connectivity index (χ2n) is 2.41. The molecule has 1 aromatic carbocycles. The maximum absolute atomic E-state index is 5.61. The highest BCUT2D eigenvalue weighted by atomic mass is 31.2. The van der Waals surface area contributed by atoms with E-state index in [0.717, 1.165) is 12.3 Å². The maximum atomic E-state index is 5.61. The Morgan fingerprint density at radius 2 is 2.00 bits per heavy atom. The van der Waals surface area contributed by atoms with Crippen molar-refractivity contribution < 1.29 is 4.52 Å². The molecule has 0 fully saturated rings. The van der Waals surface area contributed by atoms with Gasteiger partial charge < -0.3 is 4.52 Å². The van der Waals surface area contributed by atoms with Gasteiger partial charge in [0.2, 0.25) is 0 Å². The first-order chi connectivity index (χ1) is 5.83. The molecule has 0 heterocycles. The summed E-state index contributed by atoms with van der Waals surface area (Å²) in [6, 6.07) is 9.87. The molecule has 0 aliphatic rings. The fourth-order valence-electron chi connectivity index (χ4n) is 0.894. The third-order valence-electron chi connectivity index (χ3n) is 1.37. The van der Waals surface area contributed by atoms with E-state index in [1.54, 1.807) is 0 Å². The molecule has 0 saturated heterocycles. The van der Waals surface area contributed by atoms with Crippen molar-refractivity contribution >= 4 is 8.30 Å². The average Bonchev–Trinajstić information content (AvgIpc) is 2.06. The van der Waals surface area contributed by atoms with E-state index in [2.05, 4.69) is 18.7 Å². The number of benzene rings is 1. The van der Waals surface area contributed by atoms with E-state index in [1.807, 2.05) is 30.3 Å². The van der Waals surface area contributed by atoms with Gasteiger partial charge in [0.05, 0.1) is 0 Å². The summed E-state index contributed by atoms with van der Waals surface area (Å²) in [4.78, 5) is 0. The summed E-state index contributed by atoms with van der Waals surface area (Å²) < 4.78 is 5.61. The summed E-state index contributed by atoms with van der Waals surface area (Å²) in [7, 11) is -0.507. The number of para-hydroxylation sites is 1. The zero-order valence-corrected chi connectivity index (χ0v) is 8.34. The predicted octanol–water partition coefficient (Wildman–Crippen LogP) is 2.62. The second kappa shape index (κ2) is 5.13. The Kier molecular flexibility index (Phi) is 4.06. The van der Waals surface area contributed by atoms with Crippen LogP contribution >= 0.6 is 8.30 Å². The number of rotatable bonds is 4. The second-order valence-corrected chi connectivity index (χ2v) is 3.91. The molecular weight excluding hydrogens is 169 g/mol. The van der Waals surface area contributed by atoms with Gasteiger partial charge in [-0.15, -0.1) is 0 Å². The van der Waals surface area contributed by atoms with E-state index >= 15 is 0 Å². The Morgan fingerprint density at radius 1 is 1.33 bits per heavy atom. The summed E-state index contributed by atoms with van der Waals surface area (Å²) in [5, 5.41) is 3.24. The molecule has 12 heavy (non-hydrogen) atoms. The minimum Gasteiger partial charge on any atom is -0.459 e. The summed E-state index contributed by atoms with van der Waals surface area (Å²) in [5.41, 5.74) is 0. The van der Waals surface area contributed by atoms with Crippen LogP contribution in [0.25, 0.3) is 0 Å². The van der Waals surface area contributed by atoms with E-state index < -0.39 is 8.30 Å². The van der Waals surface area contributed by atoms with Crippen molar-refractivity contribution in [3.63, 3.8) is 0 Å². The highest BCUT2D eigenvalue weighted by Gasteiger charge is 1.99. The highest BCUT2D eigenvalue weighted by Crippen LogP contribution is 2.28. The van der Waals surface area contributed by atoms with Gasteiger partial charge >= 0.3 is 0 Å². The molecule has 3 heteroatoms. The van der Waals surface area contributed by atoms with E-state index in [9.17, 15) is 0 Å². The topological polar surface area (TPSA) is 21.3 Å². The third kappa shape index (κ3) is 3.21. The van der Waals surface area contributed by atoms with Crippen LogP contribution < -0.4 is 9.61 Å². The van der Waals surface area contributed by atoms with Crippen LogP contribution in [0.1, 0.15) is 6.92 Å². The molecule has 0 radical (unpaired) electrons. The first-order valence-corrected chi connectivity index (χ1v) is 5.74. The minimum atomic E-state index is -0.507. The SMILES string of the molecule is CCNP(C)Oc1ccccc1. The fourth-order valence-corrected chi connectivity index (χ4v) is 1.84. The van der Waals surface area contributed by atoms with Crippen molar-refractivity contribution in [1.82, 2.24) is 5.09 Å². The van der Waals surface area contributed by atoms with Crippen molar-refractivity contribution in [3.8, 4) is 5.75 Å². The first-order valence-electron chi connectivity index (χ1n) is 4.03. The van der Waals surface area contributed by atoms with E-state index in [4.69, 9.17) is 4.52 Å². The fraction of sp³-hybridized carbons (Fsp3) is 0.333. The quantitative estimate of drug-likeness (QED) is 0.724. The molecule has 0 aliphatic carbocycles.